The van der Waals surface area contributed by atoms with Gasteiger partial charge >= 0.3 is 0 Å². The standard InChI is InChI=1S/C18H19N/c1-2-19-17(13-12-15-8-4-3-5-9-15)14-16-10-6-7-11-18(16)19/h3-11,14H,2,12-13H2,1H3. The highest BCUT2D eigenvalue weighted by Gasteiger charge is 2.06. The molecule has 1 nitrogen and oxygen atoms in total. The first-order valence-electron chi connectivity index (χ1n) is 6.99. The number of hydrogen-bond donors (Lipinski definition) is 0. The summed E-state index contributed by atoms with van der Waals surface area (Å²) in [7, 11) is 0. The van der Waals surface area contributed by atoms with Crippen molar-refractivity contribution in [2.75, 3.05) is 0 Å². The summed E-state index contributed by atoms with van der Waals surface area (Å²) in [4.78, 5) is 0. The molecule has 0 bridgehead atoms. The Bertz CT molecular complexity index is 664. The molecule has 0 saturated heterocycles. The molecular weight excluding hydrogens is 230 g/mol. The van der Waals surface area contributed by atoms with Crippen LogP contribution in [-0.2, 0) is 19.4 Å². The molecule has 3 aromatic rings. The van der Waals surface area contributed by atoms with E-state index in [4.69, 9.17) is 0 Å². The van der Waals surface area contributed by atoms with Gasteiger partial charge in [0.15, 0.2) is 0 Å². The highest BCUT2D eigenvalue weighted by atomic mass is 15.0. The van der Waals surface area contributed by atoms with Gasteiger partial charge in [0.2, 0.25) is 0 Å². The fraction of sp³-hybridized carbons (Fsp3) is 0.222. The van der Waals surface area contributed by atoms with Crippen LogP contribution in [0.25, 0.3) is 10.9 Å². The molecule has 0 fully saturated rings. The highest BCUT2D eigenvalue weighted by molar-refractivity contribution is 5.81. The van der Waals surface area contributed by atoms with Crippen molar-refractivity contribution >= 4 is 10.9 Å². The van der Waals surface area contributed by atoms with Crippen LogP contribution in [0.15, 0.2) is 60.7 Å². The lowest BCUT2D eigenvalue weighted by Gasteiger charge is -2.08. The van der Waals surface area contributed by atoms with Gasteiger partial charge in [0.1, 0.15) is 0 Å². The summed E-state index contributed by atoms with van der Waals surface area (Å²) < 4.78 is 2.43. The van der Waals surface area contributed by atoms with Gasteiger partial charge in [0.25, 0.3) is 0 Å². The van der Waals surface area contributed by atoms with E-state index in [1.165, 1.54) is 22.2 Å². The minimum atomic E-state index is 1.04. The number of nitrogens with zero attached hydrogens (tertiary/aromatic N) is 1. The Balaban J connectivity index is 1.88. The number of hydrogen-bond acceptors (Lipinski definition) is 0. The molecule has 2 aromatic carbocycles. The van der Waals surface area contributed by atoms with Crippen LogP contribution in [-0.4, -0.2) is 4.57 Å². The van der Waals surface area contributed by atoms with Crippen molar-refractivity contribution < 1.29 is 0 Å². The van der Waals surface area contributed by atoms with E-state index < -0.39 is 0 Å². The number of aryl methyl sites for hydroxylation is 3. The van der Waals surface area contributed by atoms with Gasteiger partial charge in [-0.05, 0) is 42.8 Å². The highest BCUT2D eigenvalue weighted by Crippen LogP contribution is 2.21. The first kappa shape index (κ1) is 12.0. The maximum atomic E-state index is 2.43. The molecule has 0 radical (unpaired) electrons. The minimum Gasteiger partial charge on any atom is -0.345 e. The summed E-state index contributed by atoms with van der Waals surface area (Å²) in [6.45, 7) is 3.26. The first-order valence-corrected chi connectivity index (χ1v) is 6.99. The molecule has 1 aromatic heterocycles. The third-order valence-electron chi connectivity index (χ3n) is 3.73. The van der Waals surface area contributed by atoms with E-state index in [2.05, 4.69) is 72.2 Å². The van der Waals surface area contributed by atoms with E-state index in [0.717, 1.165) is 19.4 Å². The Morgan fingerprint density at radius 1 is 0.842 bits per heavy atom. The molecule has 0 spiro atoms. The molecule has 0 N–H and O–H groups in total. The van der Waals surface area contributed by atoms with Gasteiger partial charge in [-0.1, -0.05) is 48.5 Å². The third-order valence-corrected chi connectivity index (χ3v) is 3.73. The van der Waals surface area contributed by atoms with Gasteiger partial charge in [-0.25, -0.2) is 0 Å². The SMILES string of the molecule is CCn1c(CCc2ccccc2)cc2ccccc21. The van der Waals surface area contributed by atoms with Gasteiger partial charge in [-0.2, -0.15) is 0 Å². The second-order valence-corrected chi connectivity index (χ2v) is 4.92. The van der Waals surface area contributed by atoms with Crippen LogP contribution in [0.4, 0.5) is 0 Å². The molecule has 3 rings (SSSR count). The monoisotopic (exact) mass is 249 g/mol. The Hall–Kier alpha value is -2.02. The topological polar surface area (TPSA) is 4.93 Å². The van der Waals surface area contributed by atoms with Gasteiger partial charge in [0, 0.05) is 17.8 Å². The molecule has 96 valence electrons. The second-order valence-electron chi connectivity index (χ2n) is 4.92. The van der Waals surface area contributed by atoms with Crippen molar-refractivity contribution in [2.24, 2.45) is 0 Å². The minimum absolute atomic E-state index is 1.04. The number of fused-ring (bicyclic) bond motifs is 1. The zero-order valence-corrected chi connectivity index (χ0v) is 11.3. The summed E-state index contributed by atoms with van der Waals surface area (Å²) >= 11 is 0. The van der Waals surface area contributed by atoms with Gasteiger partial charge in [-0.15, -0.1) is 0 Å². The smallest absolute Gasteiger partial charge is 0.0482 e. The van der Waals surface area contributed by atoms with Crippen molar-refractivity contribution in [1.82, 2.24) is 4.57 Å². The number of benzene rings is 2. The molecule has 1 heterocycles. The van der Waals surface area contributed by atoms with E-state index in [1.807, 2.05) is 0 Å². The predicted molar refractivity (Wildman–Crippen MR) is 81.5 cm³/mol. The average Bonchev–Trinajstić information content (AvgIpc) is 2.83. The molecule has 0 aliphatic carbocycles. The van der Waals surface area contributed by atoms with Gasteiger partial charge in [0.05, 0.1) is 0 Å². The van der Waals surface area contributed by atoms with Crippen molar-refractivity contribution in [3.05, 3.63) is 71.9 Å². The quantitative estimate of drug-likeness (QED) is 0.644. The van der Waals surface area contributed by atoms with Crippen molar-refractivity contribution in [3.8, 4) is 0 Å². The fourth-order valence-corrected chi connectivity index (χ4v) is 2.77. The van der Waals surface area contributed by atoms with Gasteiger partial charge < -0.3 is 4.57 Å². The van der Waals surface area contributed by atoms with Crippen LogP contribution in [0.5, 0.6) is 0 Å². The summed E-state index contributed by atoms with van der Waals surface area (Å²) in [6, 6.07) is 21.7. The molecule has 0 unspecified atom stereocenters. The number of aromatic nitrogens is 1. The van der Waals surface area contributed by atoms with E-state index in [9.17, 15) is 0 Å². The number of para-hydroxylation sites is 1. The Labute approximate surface area is 114 Å². The third kappa shape index (κ3) is 2.41. The van der Waals surface area contributed by atoms with Crippen LogP contribution in [0.3, 0.4) is 0 Å². The Morgan fingerprint density at radius 2 is 1.58 bits per heavy atom. The second kappa shape index (κ2) is 5.31. The van der Waals surface area contributed by atoms with Crippen molar-refractivity contribution in [3.63, 3.8) is 0 Å². The van der Waals surface area contributed by atoms with Crippen molar-refractivity contribution in [2.45, 2.75) is 26.3 Å². The summed E-state index contributed by atoms with van der Waals surface area (Å²) in [5, 5.41) is 1.35. The summed E-state index contributed by atoms with van der Waals surface area (Å²) in [6.07, 6.45) is 2.21. The summed E-state index contributed by atoms with van der Waals surface area (Å²) in [5.41, 5.74) is 4.20. The number of rotatable bonds is 4. The largest absolute Gasteiger partial charge is 0.345 e. The Kier molecular flexibility index (Phi) is 3.37. The lowest BCUT2D eigenvalue weighted by atomic mass is 10.1. The average molecular weight is 249 g/mol. The maximum absolute atomic E-state index is 2.43. The van der Waals surface area contributed by atoms with Crippen LogP contribution < -0.4 is 0 Å². The molecule has 0 aliphatic rings. The molecule has 19 heavy (non-hydrogen) atoms. The molecule has 0 amide bonds. The molecule has 0 aliphatic heterocycles. The Morgan fingerprint density at radius 3 is 2.37 bits per heavy atom. The van der Waals surface area contributed by atoms with Crippen molar-refractivity contribution in [1.29, 1.82) is 0 Å². The summed E-state index contributed by atoms with van der Waals surface area (Å²) in [5.74, 6) is 0. The predicted octanol–water partition coefficient (Wildman–Crippen LogP) is 4.45. The lowest BCUT2D eigenvalue weighted by molar-refractivity contribution is 0.728. The lowest BCUT2D eigenvalue weighted by Crippen LogP contribution is -2.02. The van der Waals surface area contributed by atoms with Crippen LogP contribution in [0.2, 0.25) is 0 Å². The normalized spacial score (nSPS) is 11.0. The van der Waals surface area contributed by atoms with E-state index in [0.29, 0.717) is 0 Å². The van der Waals surface area contributed by atoms with E-state index in [-0.39, 0.29) is 0 Å². The van der Waals surface area contributed by atoms with Gasteiger partial charge in [-0.3, -0.25) is 0 Å². The first-order chi connectivity index (χ1) is 9.38. The fourth-order valence-electron chi connectivity index (χ4n) is 2.77. The van der Waals surface area contributed by atoms with Crippen LogP contribution in [0.1, 0.15) is 18.2 Å². The van der Waals surface area contributed by atoms with Crippen LogP contribution in [0, 0.1) is 0 Å². The molecule has 1 heteroatoms. The molecular formula is C18H19N. The maximum Gasteiger partial charge on any atom is 0.0482 e. The molecule has 0 atom stereocenters. The zero-order chi connectivity index (χ0) is 13.1. The molecule has 0 saturated carbocycles. The van der Waals surface area contributed by atoms with Crippen LogP contribution >= 0.6 is 0 Å². The zero-order valence-electron chi connectivity index (χ0n) is 11.3. The van der Waals surface area contributed by atoms with E-state index in [1.54, 1.807) is 0 Å². The van der Waals surface area contributed by atoms with E-state index >= 15 is 0 Å².